The number of benzene rings is 1. The molecular weight excluding hydrogens is 400 g/mol. The average molecular weight is 423 g/mol. The fraction of sp³-hybridized carbons (Fsp3) is 0.500. The van der Waals surface area contributed by atoms with Crippen LogP contribution in [0.15, 0.2) is 24.3 Å². The standard InChI is InChI=1S/C20H22N2O2.ClHO4/c1-2-20-10-7-17(23)24-16(20)9-12-22-11-8-14-13-5-3-4-6-15(13)21-18(14)19(20)22;2-1(3,4)5/h3-6,16H,2,7-12H2,1H3;(H,2,3,4,5)/t16-,20+;/m0./s1. The van der Waals surface area contributed by atoms with Crippen LogP contribution in [0.25, 0.3) is 10.9 Å². The van der Waals surface area contributed by atoms with E-state index in [9.17, 15) is 4.79 Å². The smallest absolute Gasteiger partial charge is 0.306 e. The predicted octanol–water partition coefficient (Wildman–Crippen LogP) is -1.72. The monoisotopic (exact) mass is 422 g/mol. The van der Waals surface area contributed by atoms with Gasteiger partial charge in [-0.2, -0.15) is 0 Å². The maximum Gasteiger partial charge on any atom is 0.306 e. The predicted molar refractivity (Wildman–Crippen MR) is 92.6 cm³/mol. The molecule has 1 N–H and O–H groups in total. The minimum absolute atomic E-state index is 0.0224. The Balaban J connectivity index is 0.000000369. The van der Waals surface area contributed by atoms with E-state index in [1.54, 1.807) is 0 Å². The van der Waals surface area contributed by atoms with Gasteiger partial charge in [-0.3, -0.25) is 4.79 Å². The first kappa shape index (κ1) is 20.3. The highest BCUT2D eigenvalue weighted by atomic mass is 35.7. The Morgan fingerprint density at radius 3 is 2.66 bits per heavy atom. The molecular formula is C20H23ClN2O6. The van der Waals surface area contributed by atoms with Crippen LogP contribution in [0.3, 0.4) is 0 Å². The van der Waals surface area contributed by atoms with Gasteiger partial charge in [0, 0.05) is 30.2 Å². The summed E-state index contributed by atoms with van der Waals surface area (Å²) in [6.07, 6.45) is 4.55. The van der Waals surface area contributed by atoms with E-state index in [0.717, 1.165) is 38.8 Å². The third kappa shape index (κ3) is 3.67. The lowest BCUT2D eigenvalue weighted by molar-refractivity contribution is -2.00. The molecule has 0 unspecified atom stereocenters. The average Bonchev–Trinajstić information content (AvgIpc) is 3.05. The Morgan fingerprint density at radius 2 is 1.93 bits per heavy atom. The number of aromatic amines is 1. The topological polar surface area (TPSA) is 137 Å². The van der Waals surface area contributed by atoms with Gasteiger partial charge in [0.25, 0.3) is 0 Å². The summed E-state index contributed by atoms with van der Waals surface area (Å²) in [7, 11) is -4.94. The van der Waals surface area contributed by atoms with E-state index in [1.807, 2.05) is 0 Å². The largest absolute Gasteiger partial charge is 0.461 e. The molecule has 1 aromatic carbocycles. The molecule has 9 heteroatoms. The summed E-state index contributed by atoms with van der Waals surface area (Å²) < 4.78 is 42.3. The molecule has 1 saturated heterocycles. The van der Waals surface area contributed by atoms with Gasteiger partial charge in [-0.15, -0.1) is 10.2 Å². The van der Waals surface area contributed by atoms with Gasteiger partial charge in [-0.25, -0.2) is 23.2 Å². The summed E-state index contributed by atoms with van der Waals surface area (Å²) in [4.78, 5) is 15.6. The van der Waals surface area contributed by atoms with Crippen molar-refractivity contribution >= 4 is 22.6 Å². The Kier molecular flexibility index (Phi) is 5.16. The molecule has 1 fully saturated rings. The molecule has 3 aliphatic rings. The molecule has 0 spiro atoms. The van der Waals surface area contributed by atoms with Crippen molar-refractivity contribution in [3.05, 3.63) is 35.5 Å². The Bertz CT molecular complexity index is 973. The number of fused-ring (bicyclic) bond motifs is 6. The number of ether oxygens (including phenoxy) is 1. The number of esters is 1. The molecule has 0 radical (unpaired) electrons. The summed E-state index contributed by atoms with van der Waals surface area (Å²) in [6.45, 7) is 4.32. The third-order valence-corrected chi connectivity index (χ3v) is 6.43. The van der Waals surface area contributed by atoms with Crippen LogP contribution in [-0.4, -0.2) is 40.4 Å². The van der Waals surface area contributed by atoms with E-state index in [-0.39, 0.29) is 17.5 Å². The van der Waals surface area contributed by atoms with Crippen LogP contribution >= 0.6 is 0 Å². The second-order valence-electron chi connectivity index (χ2n) is 7.76. The number of halogens is 1. The van der Waals surface area contributed by atoms with Gasteiger partial charge in [0.15, 0.2) is 0 Å². The summed E-state index contributed by atoms with van der Waals surface area (Å²) >= 11 is 0. The van der Waals surface area contributed by atoms with Gasteiger partial charge in [0.2, 0.25) is 5.71 Å². The lowest BCUT2D eigenvalue weighted by atomic mass is 9.65. The minimum Gasteiger partial charge on any atom is -0.461 e. The van der Waals surface area contributed by atoms with Gasteiger partial charge < -0.3 is 9.72 Å². The molecule has 2 atom stereocenters. The second-order valence-corrected chi connectivity index (χ2v) is 8.52. The number of nitrogens with zero attached hydrogens (tertiary/aromatic N) is 1. The van der Waals surface area contributed by atoms with Crippen LogP contribution in [0.5, 0.6) is 0 Å². The van der Waals surface area contributed by atoms with Crippen molar-refractivity contribution < 1.29 is 43.0 Å². The Hall–Kier alpha value is -1.97. The molecule has 2 aromatic rings. The highest BCUT2D eigenvalue weighted by Gasteiger charge is 2.56. The van der Waals surface area contributed by atoms with Crippen molar-refractivity contribution in [3.8, 4) is 0 Å². The summed E-state index contributed by atoms with van der Waals surface area (Å²) in [5.41, 5.74) is 5.35. The first-order valence-corrected chi connectivity index (χ1v) is 11.0. The summed E-state index contributed by atoms with van der Waals surface area (Å²) in [5, 5.41) is 1.35. The van der Waals surface area contributed by atoms with Crippen LogP contribution < -0.4 is 18.6 Å². The molecule has 29 heavy (non-hydrogen) atoms. The lowest BCUT2D eigenvalue weighted by Gasteiger charge is -2.45. The van der Waals surface area contributed by atoms with Crippen molar-refractivity contribution in [1.82, 2.24) is 4.98 Å². The number of para-hydroxylation sites is 1. The second kappa shape index (κ2) is 7.37. The molecule has 1 aromatic heterocycles. The van der Waals surface area contributed by atoms with E-state index in [2.05, 4.69) is 40.7 Å². The molecule has 0 amide bonds. The highest BCUT2D eigenvalue weighted by Crippen LogP contribution is 2.46. The Morgan fingerprint density at radius 1 is 1.21 bits per heavy atom. The van der Waals surface area contributed by atoms with Crippen LogP contribution in [-0.2, 0) is 16.0 Å². The number of hydrogen-bond donors (Lipinski definition) is 1. The van der Waals surface area contributed by atoms with Crippen LogP contribution in [0, 0.1) is 15.7 Å². The number of carbonyl (C=O) groups excluding carboxylic acids is 1. The van der Waals surface area contributed by atoms with Crippen molar-refractivity contribution in [1.29, 1.82) is 0 Å². The van der Waals surface area contributed by atoms with E-state index < -0.39 is 10.2 Å². The number of H-pyrrole nitrogens is 1. The third-order valence-electron chi connectivity index (χ3n) is 6.43. The number of nitrogens with one attached hydrogen (secondary N) is 1. The minimum atomic E-state index is -4.94. The maximum atomic E-state index is 11.9. The molecule has 0 saturated carbocycles. The van der Waals surface area contributed by atoms with E-state index in [1.165, 1.54) is 27.9 Å². The van der Waals surface area contributed by atoms with Crippen LogP contribution in [0.4, 0.5) is 0 Å². The summed E-state index contributed by atoms with van der Waals surface area (Å²) in [6, 6.07) is 8.60. The molecule has 0 bridgehead atoms. The molecule has 0 aliphatic carbocycles. The van der Waals surface area contributed by atoms with Gasteiger partial charge >= 0.3 is 5.97 Å². The van der Waals surface area contributed by atoms with Crippen molar-refractivity contribution in [3.63, 3.8) is 0 Å². The zero-order valence-corrected chi connectivity index (χ0v) is 16.9. The molecule has 156 valence electrons. The van der Waals surface area contributed by atoms with Crippen molar-refractivity contribution in [2.24, 2.45) is 5.41 Å². The van der Waals surface area contributed by atoms with Gasteiger partial charge in [-0.1, -0.05) is 25.1 Å². The van der Waals surface area contributed by atoms with Gasteiger partial charge in [0.05, 0.1) is 5.41 Å². The molecule has 4 heterocycles. The normalized spacial score (nSPS) is 26.1. The first-order valence-electron chi connectivity index (χ1n) is 9.76. The molecule has 8 nitrogen and oxygen atoms in total. The number of rotatable bonds is 1. The van der Waals surface area contributed by atoms with Crippen LogP contribution in [0.1, 0.15) is 43.9 Å². The first-order chi connectivity index (χ1) is 13.7. The molecule has 3 aliphatic heterocycles. The quantitative estimate of drug-likeness (QED) is 0.428. The summed E-state index contributed by atoms with van der Waals surface area (Å²) in [5.74, 6) is -0.0224. The van der Waals surface area contributed by atoms with Gasteiger partial charge in [-0.05, 0) is 24.5 Å². The zero-order chi connectivity index (χ0) is 20.8. The molecule has 5 rings (SSSR count). The van der Waals surface area contributed by atoms with E-state index >= 15 is 0 Å². The Labute approximate surface area is 170 Å². The van der Waals surface area contributed by atoms with E-state index in [4.69, 9.17) is 23.4 Å². The van der Waals surface area contributed by atoms with Gasteiger partial charge in [0.1, 0.15) is 24.9 Å². The van der Waals surface area contributed by atoms with Crippen LogP contribution in [0.2, 0.25) is 0 Å². The van der Waals surface area contributed by atoms with E-state index in [0.29, 0.717) is 6.42 Å². The lowest BCUT2D eigenvalue weighted by Crippen LogP contribution is -2.68. The number of aromatic nitrogens is 1. The highest BCUT2D eigenvalue weighted by molar-refractivity contribution is 6.07. The maximum absolute atomic E-state index is 11.9. The fourth-order valence-electron chi connectivity index (χ4n) is 5.23. The van der Waals surface area contributed by atoms with Crippen molar-refractivity contribution in [2.75, 3.05) is 13.1 Å². The van der Waals surface area contributed by atoms with Crippen molar-refractivity contribution in [2.45, 2.75) is 45.1 Å². The number of carbonyl (C=O) groups is 1. The zero-order valence-electron chi connectivity index (χ0n) is 16.1. The number of hydrogen-bond acceptors (Lipinski definition) is 6. The fourth-order valence-corrected chi connectivity index (χ4v) is 5.23. The SMILES string of the molecule is CC[C@@]12CCC(=O)O[C@H]1CC[N+]1=C2c2[nH]c3ccccc3c2CC1.[O-][Cl+3]([O-])([O-])[O-].